The Morgan fingerprint density at radius 2 is 2.19 bits per heavy atom. The van der Waals surface area contributed by atoms with E-state index in [1.54, 1.807) is 13.0 Å². The van der Waals surface area contributed by atoms with Crippen LogP contribution in [0.15, 0.2) is 12.1 Å². The Labute approximate surface area is 104 Å². The van der Waals surface area contributed by atoms with Crippen molar-refractivity contribution in [3.63, 3.8) is 0 Å². The summed E-state index contributed by atoms with van der Waals surface area (Å²) in [6.45, 7) is 2.88. The van der Waals surface area contributed by atoms with Gasteiger partial charge >= 0.3 is 105 Å². The van der Waals surface area contributed by atoms with E-state index in [1.807, 2.05) is 0 Å². The molecule has 1 N–H and O–H groups in total. The fourth-order valence-electron chi connectivity index (χ4n) is 1.24. The number of aromatic hydroxyl groups is 1. The Morgan fingerprint density at radius 1 is 1.56 bits per heavy atom. The van der Waals surface area contributed by atoms with Crippen LogP contribution in [0.4, 0.5) is 5.69 Å². The van der Waals surface area contributed by atoms with Crippen LogP contribution < -0.4 is 3.07 Å². The molecule has 0 aromatic heterocycles. The van der Waals surface area contributed by atoms with Crippen LogP contribution >= 0.6 is 0 Å². The van der Waals surface area contributed by atoms with Crippen LogP contribution in [-0.2, 0) is 32.5 Å². The zero-order valence-electron chi connectivity index (χ0n) is 8.89. The average Bonchev–Trinajstić information content (AvgIpc) is 2.19. The summed E-state index contributed by atoms with van der Waals surface area (Å²) in [5, 5.41) is 20.1. The summed E-state index contributed by atoms with van der Waals surface area (Å²) in [6, 6.07) is 2.92. The molecule has 0 fully saturated rings. The third-order valence-corrected chi connectivity index (χ3v) is 7.00. The minimum absolute atomic E-state index is 0.329. The van der Waals surface area contributed by atoms with Gasteiger partial charge in [0.25, 0.3) is 0 Å². The van der Waals surface area contributed by atoms with Crippen LogP contribution in [0.3, 0.4) is 0 Å². The van der Waals surface area contributed by atoms with Gasteiger partial charge in [0.2, 0.25) is 0 Å². The Kier molecular flexibility index (Phi) is 4.23. The number of aryl methyl sites for hydroxylation is 1. The van der Waals surface area contributed by atoms with E-state index in [4.69, 9.17) is 2.64 Å². The molecule has 82 valence electrons. The first-order chi connectivity index (χ1) is 7.41. The van der Waals surface area contributed by atoms with Gasteiger partial charge in [0.05, 0.1) is 0 Å². The van der Waals surface area contributed by atoms with Crippen LogP contribution in [0.5, 0.6) is 5.75 Å². The molecular formula is C9H9HgNO5. The molecule has 0 aliphatic carbocycles. The van der Waals surface area contributed by atoms with Crippen molar-refractivity contribution in [2.75, 3.05) is 0 Å². The third kappa shape index (κ3) is 3.16. The summed E-state index contributed by atoms with van der Waals surface area (Å²) >= 11 is -2.08. The number of phenols is 1. The predicted molar refractivity (Wildman–Crippen MR) is 50.9 cm³/mol. The van der Waals surface area contributed by atoms with Crippen LogP contribution in [0, 0.1) is 17.0 Å². The predicted octanol–water partition coefficient (Wildman–Crippen LogP) is 0.795. The van der Waals surface area contributed by atoms with Crippen molar-refractivity contribution >= 4 is 14.7 Å². The monoisotopic (exact) mass is 413 g/mol. The maximum absolute atomic E-state index is 10.6. The summed E-state index contributed by atoms with van der Waals surface area (Å²) in [5.41, 5.74) is 0.0958. The van der Waals surface area contributed by atoms with Crippen molar-refractivity contribution < 1.29 is 42.5 Å². The summed E-state index contributed by atoms with van der Waals surface area (Å²) in [4.78, 5) is 20.6. The van der Waals surface area contributed by atoms with E-state index in [-0.39, 0.29) is 17.4 Å². The van der Waals surface area contributed by atoms with E-state index in [1.165, 1.54) is 13.0 Å². The van der Waals surface area contributed by atoms with Crippen LogP contribution in [0.1, 0.15) is 12.5 Å². The number of carbonyl (C=O) groups excluding carboxylic acids is 1. The molecule has 1 aromatic carbocycles. The molecule has 1 aromatic rings. The first kappa shape index (κ1) is 12.9. The van der Waals surface area contributed by atoms with Gasteiger partial charge in [-0.15, -0.1) is 0 Å². The topological polar surface area (TPSA) is 89.7 Å². The average molecular weight is 412 g/mol. The fraction of sp³-hybridized carbons (Fsp3) is 0.222. The van der Waals surface area contributed by atoms with Crippen molar-refractivity contribution in [3.8, 4) is 5.75 Å². The minimum atomic E-state index is -2.08. The summed E-state index contributed by atoms with van der Waals surface area (Å²) in [5.74, 6) is -0.694. The molecule has 0 saturated carbocycles. The standard InChI is InChI=1S/C7H6NO3.C2H4O2.Hg/c1-5-3-2-4-6(7(5)9)8(10)11;1-2(3)4;/h3-4,9H,1H3;1H3,(H,3,4);/q;;+1/p-1. The third-order valence-electron chi connectivity index (χ3n) is 1.98. The van der Waals surface area contributed by atoms with Crippen molar-refractivity contribution in [2.24, 2.45) is 0 Å². The van der Waals surface area contributed by atoms with E-state index in [9.17, 15) is 20.0 Å². The number of nitrogens with zero attached hydrogens (tertiary/aromatic N) is 1. The molecule has 6 nitrogen and oxygen atoms in total. The zero-order valence-corrected chi connectivity index (χ0v) is 14.4. The van der Waals surface area contributed by atoms with Gasteiger partial charge in [-0.2, -0.15) is 0 Å². The molecule has 0 spiro atoms. The number of carbonyl (C=O) groups is 1. The van der Waals surface area contributed by atoms with Gasteiger partial charge in [-0.05, 0) is 0 Å². The molecule has 0 heterocycles. The Hall–Kier alpha value is -1.17. The molecule has 0 amide bonds. The summed E-state index contributed by atoms with van der Waals surface area (Å²) in [6.07, 6.45) is 0. The molecule has 7 heteroatoms. The number of hydrogen-bond acceptors (Lipinski definition) is 5. The number of nitro groups is 1. The van der Waals surface area contributed by atoms with Crippen molar-refractivity contribution in [2.45, 2.75) is 13.8 Å². The molecule has 0 unspecified atom stereocenters. The van der Waals surface area contributed by atoms with Gasteiger partial charge in [0, 0.05) is 0 Å². The second-order valence-corrected chi connectivity index (χ2v) is 8.74. The molecule has 1 rings (SSSR count). The molecule has 0 bridgehead atoms. The van der Waals surface area contributed by atoms with Gasteiger partial charge in [-0.1, -0.05) is 0 Å². The Balaban J connectivity index is 3.04. The van der Waals surface area contributed by atoms with Crippen LogP contribution in [-0.4, -0.2) is 16.0 Å². The maximum atomic E-state index is 10.6. The number of hydrogen-bond donors (Lipinski definition) is 1. The Bertz CT molecular complexity index is 446. The number of rotatable bonds is 3. The van der Waals surface area contributed by atoms with Gasteiger partial charge in [0.1, 0.15) is 0 Å². The molecule has 16 heavy (non-hydrogen) atoms. The van der Waals surface area contributed by atoms with Crippen molar-refractivity contribution in [1.82, 2.24) is 0 Å². The van der Waals surface area contributed by atoms with Crippen molar-refractivity contribution in [1.29, 1.82) is 0 Å². The van der Waals surface area contributed by atoms with Gasteiger partial charge < -0.3 is 0 Å². The van der Waals surface area contributed by atoms with E-state index >= 15 is 0 Å². The van der Waals surface area contributed by atoms with E-state index in [2.05, 4.69) is 0 Å². The fourth-order valence-corrected chi connectivity index (χ4v) is 5.27. The van der Waals surface area contributed by atoms with E-state index in [0.717, 1.165) is 0 Å². The molecular weight excluding hydrogens is 403 g/mol. The second-order valence-electron chi connectivity index (χ2n) is 3.32. The number of benzene rings is 1. The van der Waals surface area contributed by atoms with Gasteiger partial charge in [-0.25, -0.2) is 0 Å². The molecule has 0 atom stereocenters. The SMILES string of the molecule is CC(=O)[O][Hg][c]1cc(C)c(O)c([N+](=O)[O-])c1. The summed E-state index contributed by atoms with van der Waals surface area (Å²) in [7, 11) is 0. The first-order valence-corrected chi connectivity index (χ1v) is 9.51. The number of phenolic OH excluding ortho intramolecular Hbond substituents is 1. The molecule has 0 aliphatic rings. The molecule has 0 saturated heterocycles. The summed E-state index contributed by atoms with van der Waals surface area (Å²) < 4.78 is 5.63. The van der Waals surface area contributed by atoms with Crippen LogP contribution in [0.25, 0.3) is 0 Å². The Morgan fingerprint density at radius 3 is 2.69 bits per heavy atom. The zero-order chi connectivity index (χ0) is 12.3. The molecule has 0 radical (unpaired) electrons. The first-order valence-electron chi connectivity index (χ1n) is 4.52. The molecule has 0 aliphatic heterocycles. The van der Waals surface area contributed by atoms with Gasteiger partial charge in [-0.3, -0.25) is 0 Å². The number of nitro benzene ring substituents is 1. The normalized spacial score (nSPS) is 9.38. The van der Waals surface area contributed by atoms with Gasteiger partial charge in [0.15, 0.2) is 0 Å². The quantitative estimate of drug-likeness (QED) is 0.451. The second kappa shape index (κ2) is 5.24. The van der Waals surface area contributed by atoms with Crippen LogP contribution in [0.2, 0.25) is 0 Å². The van der Waals surface area contributed by atoms with Crippen molar-refractivity contribution in [3.05, 3.63) is 27.8 Å². The van der Waals surface area contributed by atoms with E-state index < -0.39 is 30.0 Å². The van der Waals surface area contributed by atoms with E-state index in [0.29, 0.717) is 8.64 Å².